The summed E-state index contributed by atoms with van der Waals surface area (Å²) in [5, 5.41) is 0. The van der Waals surface area contributed by atoms with Crippen LogP contribution in [0.15, 0.2) is 0 Å². The first-order valence-corrected chi connectivity index (χ1v) is 10.2. The Kier molecular flexibility index (Phi) is 9.90. The van der Waals surface area contributed by atoms with Crippen molar-refractivity contribution < 1.29 is 9.53 Å². The zero-order valence-electron chi connectivity index (χ0n) is 16.2. The van der Waals surface area contributed by atoms with Gasteiger partial charge in [0.1, 0.15) is 0 Å². The van der Waals surface area contributed by atoms with E-state index in [0.29, 0.717) is 6.61 Å². The lowest BCUT2D eigenvalue weighted by molar-refractivity contribution is -0.153. The SMILES string of the molecule is CCCCCCC(C)(CCCC)COC(=O)C1CCC(C)CC1. The third-order valence-corrected chi connectivity index (χ3v) is 5.68. The molecule has 0 aliphatic heterocycles. The number of hydrogen-bond donors (Lipinski definition) is 0. The van der Waals surface area contributed by atoms with Crippen molar-refractivity contribution >= 4 is 5.97 Å². The largest absolute Gasteiger partial charge is 0.465 e. The molecule has 0 aromatic carbocycles. The maximum Gasteiger partial charge on any atom is 0.308 e. The molecule has 0 saturated heterocycles. The number of esters is 1. The van der Waals surface area contributed by atoms with Gasteiger partial charge in [-0.1, -0.05) is 66.2 Å². The lowest BCUT2D eigenvalue weighted by Gasteiger charge is -2.31. The molecule has 0 spiro atoms. The summed E-state index contributed by atoms with van der Waals surface area (Å²) in [4.78, 5) is 12.4. The molecule has 0 N–H and O–H groups in total. The van der Waals surface area contributed by atoms with Crippen LogP contribution < -0.4 is 0 Å². The molecule has 1 rings (SSSR count). The summed E-state index contributed by atoms with van der Waals surface area (Å²) in [6, 6.07) is 0. The molecule has 2 nitrogen and oxygen atoms in total. The maximum absolute atomic E-state index is 12.4. The van der Waals surface area contributed by atoms with Gasteiger partial charge in [-0.25, -0.2) is 0 Å². The van der Waals surface area contributed by atoms with Gasteiger partial charge in [-0.3, -0.25) is 4.79 Å². The molecule has 1 saturated carbocycles. The van der Waals surface area contributed by atoms with Gasteiger partial charge in [0.25, 0.3) is 0 Å². The molecule has 0 radical (unpaired) electrons. The molecule has 0 bridgehead atoms. The second-order valence-corrected chi connectivity index (χ2v) is 8.29. The van der Waals surface area contributed by atoms with Crippen LogP contribution in [0.2, 0.25) is 0 Å². The van der Waals surface area contributed by atoms with Crippen LogP contribution in [0.1, 0.15) is 105 Å². The molecule has 2 heteroatoms. The first kappa shape index (κ1) is 20.5. The van der Waals surface area contributed by atoms with Gasteiger partial charge < -0.3 is 4.74 Å². The molecule has 23 heavy (non-hydrogen) atoms. The second-order valence-electron chi connectivity index (χ2n) is 8.29. The molecule has 1 unspecified atom stereocenters. The van der Waals surface area contributed by atoms with Crippen molar-refractivity contribution in [1.82, 2.24) is 0 Å². The predicted molar refractivity (Wildman–Crippen MR) is 98.5 cm³/mol. The Hall–Kier alpha value is -0.530. The lowest BCUT2D eigenvalue weighted by Crippen LogP contribution is -2.29. The van der Waals surface area contributed by atoms with Gasteiger partial charge in [-0.2, -0.15) is 0 Å². The van der Waals surface area contributed by atoms with Crippen molar-refractivity contribution in [3.63, 3.8) is 0 Å². The van der Waals surface area contributed by atoms with E-state index in [0.717, 1.165) is 18.8 Å². The highest BCUT2D eigenvalue weighted by molar-refractivity contribution is 5.72. The zero-order valence-corrected chi connectivity index (χ0v) is 16.2. The summed E-state index contributed by atoms with van der Waals surface area (Å²) < 4.78 is 5.80. The normalized spacial score (nSPS) is 24.2. The number of rotatable bonds is 11. The van der Waals surface area contributed by atoms with Crippen LogP contribution in [0, 0.1) is 17.3 Å². The van der Waals surface area contributed by atoms with E-state index in [1.165, 1.54) is 64.2 Å². The summed E-state index contributed by atoms with van der Waals surface area (Å²) in [7, 11) is 0. The summed E-state index contributed by atoms with van der Waals surface area (Å²) in [5.41, 5.74) is 0.182. The van der Waals surface area contributed by atoms with Crippen molar-refractivity contribution in [2.45, 2.75) is 105 Å². The van der Waals surface area contributed by atoms with E-state index in [1.807, 2.05) is 0 Å². The Morgan fingerprint density at radius 3 is 2.17 bits per heavy atom. The minimum absolute atomic E-state index is 0.0770. The Morgan fingerprint density at radius 1 is 0.957 bits per heavy atom. The van der Waals surface area contributed by atoms with Crippen LogP contribution in [0.3, 0.4) is 0 Å². The van der Waals surface area contributed by atoms with Crippen molar-refractivity contribution in [3.8, 4) is 0 Å². The second kappa shape index (κ2) is 11.1. The third kappa shape index (κ3) is 8.22. The molecular weight excluding hydrogens is 284 g/mol. The van der Waals surface area contributed by atoms with Crippen LogP contribution in [-0.2, 0) is 9.53 Å². The Balaban J connectivity index is 2.40. The minimum Gasteiger partial charge on any atom is -0.465 e. The van der Waals surface area contributed by atoms with E-state index in [9.17, 15) is 4.79 Å². The van der Waals surface area contributed by atoms with Gasteiger partial charge >= 0.3 is 5.97 Å². The highest BCUT2D eigenvalue weighted by Gasteiger charge is 2.29. The lowest BCUT2D eigenvalue weighted by atomic mass is 9.80. The Morgan fingerprint density at radius 2 is 1.57 bits per heavy atom. The number of hydrogen-bond acceptors (Lipinski definition) is 2. The van der Waals surface area contributed by atoms with Crippen LogP contribution in [0.5, 0.6) is 0 Å². The van der Waals surface area contributed by atoms with Gasteiger partial charge in [0.15, 0.2) is 0 Å². The van der Waals surface area contributed by atoms with Gasteiger partial charge in [0.2, 0.25) is 0 Å². The third-order valence-electron chi connectivity index (χ3n) is 5.68. The molecule has 1 aliphatic rings. The number of carbonyl (C=O) groups excluding carboxylic acids is 1. The fourth-order valence-corrected chi connectivity index (χ4v) is 3.71. The number of carbonyl (C=O) groups is 1. The van der Waals surface area contributed by atoms with Crippen molar-refractivity contribution in [2.75, 3.05) is 6.61 Å². The molecule has 1 atom stereocenters. The van der Waals surface area contributed by atoms with E-state index in [-0.39, 0.29) is 17.3 Å². The first-order valence-electron chi connectivity index (χ1n) is 10.2. The monoisotopic (exact) mass is 324 g/mol. The van der Waals surface area contributed by atoms with Crippen LogP contribution in [0.4, 0.5) is 0 Å². The molecule has 1 aliphatic carbocycles. The molecule has 0 amide bonds. The number of unbranched alkanes of at least 4 members (excludes halogenated alkanes) is 4. The quantitative estimate of drug-likeness (QED) is 0.319. The molecule has 0 aromatic rings. The molecule has 136 valence electrons. The topological polar surface area (TPSA) is 26.3 Å². The average Bonchev–Trinajstić information content (AvgIpc) is 2.56. The first-order chi connectivity index (χ1) is 11.0. The van der Waals surface area contributed by atoms with Crippen LogP contribution in [0.25, 0.3) is 0 Å². The smallest absolute Gasteiger partial charge is 0.308 e. The van der Waals surface area contributed by atoms with E-state index in [2.05, 4.69) is 27.7 Å². The summed E-state index contributed by atoms with van der Waals surface area (Å²) in [6.07, 6.45) is 14.5. The Labute approximate surface area is 144 Å². The van der Waals surface area contributed by atoms with E-state index < -0.39 is 0 Å². The summed E-state index contributed by atoms with van der Waals surface area (Å²) in [6.45, 7) is 9.74. The highest BCUT2D eigenvalue weighted by Crippen LogP contribution is 2.33. The summed E-state index contributed by atoms with van der Waals surface area (Å²) in [5.74, 6) is 1.03. The van der Waals surface area contributed by atoms with E-state index >= 15 is 0 Å². The molecule has 0 aromatic heterocycles. The van der Waals surface area contributed by atoms with Crippen LogP contribution in [-0.4, -0.2) is 12.6 Å². The van der Waals surface area contributed by atoms with E-state index in [4.69, 9.17) is 4.74 Å². The standard InChI is InChI=1S/C21H40O2/c1-5-7-9-10-16-21(4,15-8-6-2)17-23-20(22)19-13-11-18(3)12-14-19/h18-19H,5-17H2,1-4H3. The summed E-state index contributed by atoms with van der Waals surface area (Å²) >= 11 is 0. The minimum atomic E-state index is 0.0770. The van der Waals surface area contributed by atoms with Gasteiger partial charge in [0, 0.05) is 5.41 Å². The number of ether oxygens (including phenoxy) is 1. The van der Waals surface area contributed by atoms with Gasteiger partial charge in [-0.05, 0) is 44.4 Å². The van der Waals surface area contributed by atoms with Crippen LogP contribution >= 0.6 is 0 Å². The molecular formula is C21H40O2. The van der Waals surface area contributed by atoms with Gasteiger partial charge in [0.05, 0.1) is 12.5 Å². The Bertz CT molecular complexity index is 318. The molecule has 0 heterocycles. The van der Waals surface area contributed by atoms with Gasteiger partial charge in [-0.15, -0.1) is 0 Å². The van der Waals surface area contributed by atoms with Crippen molar-refractivity contribution in [2.24, 2.45) is 17.3 Å². The van der Waals surface area contributed by atoms with E-state index in [1.54, 1.807) is 0 Å². The highest BCUT2D eigenvalue weighted by atomic mass is 16.5. The average molecular weight is 325 g/mol. The zero-order chi connectivity index (χ0) is 17.1. The van der Waals surface area contributed by atoms with Crippen molar-refractivity contribution in [1.29, 1.82) is 0 Å². The fourth-order valence-electron chi connectivity index (χ4n) is 3.71. The van der Waals surface area contributed by atoms with Crippen molar-refractivity contribution in [3.05, 3.63) is 0 Å². The predicted octanol–water partition coefficient (Wildman–Crippen LogP) is 6.52. The fraction of sp³-hybridized carbons (Fsp3) is 0.952. The molecule has 1 fully saturated rings. The maximum atomic E-state index is 12.4.